The molecule has 0 unspecified atom stereocenters. The van der Waals surface area contributed by atoms with Gasteiger partial charge in [0.15, 0.2) is 0 Å². The normalized spacial score (nSPS) is 10.6. The summed E-state index contributed by atoms with van der Waals surface area (Å²) in [5.41, 5.74) is 0.452. The zero-order valence-corrected chi connectivity index (χ0v) is 10.5. The Kier molecular flexibility index (Phi) is 6.06. The van der Waals surface area contributed by atoms with Gasteiger partial charge in [-0.25, -0.2) is 4.79 Å². The molecule has 0 heterocycles. The van der Waals surface area contributed by atoms with E-state index in [2.05, 4.69) is 6.58 Å². The van der Waals surface area contributed by atoms with Crippen LogP contribution in [0.4, 0.5) is 0 Å². The molecule has 0 fully saturated rings. The molecular weight excluding hydrogens is 190 g/mol. The number of carbonyl (C=O) groups excluding carboxylic acids is 1. The minimum Gasteiger partial charge on any atom is -0.461 e. The lowest BCUT2D eigenvalue weighted by atomic mass is 10.2. The molecule has 0 radical (unpaired) electrons. The van der Waals surface area contributed by atoms with Crippen molar-refractivity contribution in [3.8, 4) is 0 Å². The first-order valence-corrected chi connectivity index (χ1v) is 5.56. The molecule has 0 atom stereocenters. The molecule has 0 amide bonds. The van der Waals surface area contributed by atoms with Gasteiger partial charge in [-0.05, 0) is 34.1 Å². The number of esters is 1. The van der Waals surface area contributed by atoms with Crippen LogP contribution >= 0.6 is 0 Å². The zero-order valence-electron chi connectivity index (χ0n) is 10.5. The number of nitrogens with zero attached hydrogens (tertiary/aromatic N) is 1. The van der Waals surface area contributed by atoms with E-state index in [4.69, 9.17) is 4.74 Å². The Bertz CT molecular complexity index is 214. The highest BCUT2D eigenvalue weighted by Gasteiger charge is 2.21. The van der Waals surface area contributed by atoms with Crippen LogP contribution in [0, 0.1) is 0 Å². The fourth-order valence-electron chi connectivity index (χ4n) is 1.60. The van der Waals surface area contributed by atoms with Crippen LogP contribution in [-0.4, -0.2) is 29.6 Å². The van der Waals surface area contributed by atoms with Gasteiger partial charge in [0.1, 0.15) is 5.70 Å². The highest BCUT2D eigenvalue weighted by Crippen LogP contribution is 2.13. The number of carbonyl (C=O) groups is 1. The summed E-state index contributed by atoms with van der Waals surface area (Å²) < 4.78 is 5.05. The molecule has 0 aromatic carbocycles. The first kappa shape index (κ1) is 14.0. The SMILES string of the molecule is C=C(C(=O)OCCC)N(C(C)C)C(C)C. The standard InChI is InChI=1S/C12H23NO2/c1-7-8-15-12(14)11(6)13(9(2)3)10(4)5/h9-10H,6-8H2,1-5H3. The third kappa shape index (κ3) is 4.36. The number of ether oxygens (including phenoxy) is 1. The largest absolute Gasteiger partial charge is 0.461 e. The molecule has 0 aliphatic heterocycles. The Morgan fingerprint density at radius 1 is 1.27 bits per heavy atom. The van der Waals surface area contributed by atoms with E-state index in [9.17, 15) is 4.79 Å². The van der Waals surface area contributed by atoms with Gasteiger partial charge in [-0.3, -0.25) is 0 Å². The smallest absolute Gasteiger partial charge is 0.353 e. The molecule has 0 spiro atoms. The molecule has 0 aliphatic rings. The van der Waals surface area contributed by atoms with Crippen molar-refractivity contribution < 1.29 is 9.53 Å². The lowest BCUT2D eigenvalue weighted by Crippen LogP contribution is -2.39. The van der Waals surface area contributed by atoms with Crippen LogP contribution in [0.15, 0.2) is 12.3 Å². The van der Waals surface area contributed by atoms with Crippen molar-refractivity contribution in [1.29, 1.82) is 0 Å². The molecule has 0 rings (SSSR count). The summed E-state index contributed by atoms with van der Waals surface area (Å²) >= 11 is 0. The second-order valence-corrected chi connectivity index (χ2v) is 4.18. The average Bonchev–Trinajstić information content (AvgIpc) is 2.12. The molecule has 0 aromatic rings. The molecule has 15 heavy (non-hydrogen) atoms. The van der Waals surface area contributed by atoms with Gasteiger partial charge in [-0.1, -0.05) is 13.5 Å². The Balaban J connectivity index is 4.44. The lowest BCUT2D eigenvalue weighted by molar-refractivity contribution is -0.141. The molecular formula is C12H23NO2. The van der Waals surface area contributed by atoms with Crippen molar-refractivity contribution in [2.45, 2.75) is 53.1 Å². The molecule has 3 heteroatoms. The monoisotopic (exact) mass is 213 g/mol. The Morgan fingerprint density at radius 3 is 2.07 bits per heavy atom. The van der Waals surface area contributed by atoms with E-state index < -0.39 is 0 Å². The average molecular weight is 213 g/mol. The number of rotatable bonds is 6. The van der Waals surface area contributed by atoms with E-state index in [-0.39, 0.29) is 18.1 Å². The van der Waals surface area contributed by atoms with Crippen LogP contribution < -0.4 is 0 Å². The molecule has 0 saturated heterocycles. The van der Waals surface area contributed by atoms with Gasteiger partial charge < -0.3 is 9.64 Å². The quantitative estimate of drug-likeness (QED) is 0.501. The molecule has 0 bridgehead atoms. The van der Waals surface area contributed by atoms with Crippen molar-refractivity contribution in [3.63, 3.8) is 0 Å². The molecule has 3 nitrogen and oxygen atoms in total. The maximum absolute atomic E-state index is 11.6. The van der Waals surface area contributed by atoms with Crippen molar-refractivity contribution in [1.82, 2.24) is 4.90 Å². The summed E-state index contributed by atoms with van der Waals surface area (Å²) in [7, 11) is 0. The second-order valence-electron chi connectivity index (χ2n) is 4.18. The predicted molar refractivity (Wildman–Crippen MR) is 62.5 cm³/mol. The van der Waals surface area contributed by atoms with Gasteiger partial charge in [0.2, 0.25) is 0 Å². The molecule has 88 valence electrons. The van der Waals surface area contributed by atoms with E-state index in [1.807, 2.05) is 39.5 Å². The van der Waals surface area contributed by atoms with Crippen LogP contribution in [0.1, 0.15) is 41.0 Å². The zero-order chi connectivity index (χ0) is 12.0. The summed E-state index contributed by atoms with van der Waals surface area (Å²) in [5.74, 6) is -0.306. The van der Waals surface area contributed by atoms with Crippen molar-refractivity contribution in [2.24, 2.45) is 0 Å². The first-order valence-electron chi connectivity index (χ1n) is 5.56. The summed E-state index contributed by atoms with van der Waals surface area (Å²) in [6.45, 7) is 14.4. The van der Waals surface area contributed by atoms with Gasteiger partial charge in [0.25, 0.3) is 0 Å². The molecule has 0 aromatic heterocycles. The number of hydrogen-bond donors (Lipinski definition) is 0. The van der Waals surface area contributed by atoms with E-state index in [1.165, 1.54) is 0 Å². The van der Waals surface area contributed by atoms with E-state index in [0.29, 0.717) is 12.3 Å². The van der Waals surface area contributed by atoms with E-state index in [0.717, 1.165) is 6.42 Å². The van der Waals surface area contributed by atoms with Crippen LogP contribution in [0.3, 0.4) is 0 Å². The van der Waals surface area contributed by atoms with Gasteiger partial charge in [0, 0.05) is 12.1 Å². The Morgan fingerprint density at radius 2 is 1.73 bits per heavy atom. The Hall–Kier alpha value is -0.990. The maximum Gasteiger partial charge on any atom is 0.353 e. The topological polar surface area (TPSA) is 29.5 Å². The minimum atomic E-state index is -0.306. The first-order chi connectivity index (χ1) is 6.91. The summed E-state index contributed by atoms with van der Waals surface area (Å²) in [4.78, 5) is 13.6. The predicted octanol–water partition coefficient (Wildman–Crippen LogP) is 2.57. The van der Waals surface area contributed by atoms with Crippen LogP contribution in [0.25, 0.3) is 0 Å². The van der Waals surface area contributed by atoms with E-state index in [1.54, 1.807) is 0 Å². The van der Waals surface area contributed by atoms with Gasteiger partial charge in [-0.2, -0.15) is 0 Å². The summed E-state index contributed by atoms with van der Waals surface area (Å²) in [6.07, 6.45) is 0.836. The highest BCUT2D eigenvalue weighted by molar-refractivity contribution is 5.87. The summed E-state index contributed by atoms with van der Waals surface area (Å²) in [6, 6.07) is 0.512. The maximum atomic E-state index is 11.6. The fraction of sp³-hybridized carbons (Fsp3) is 0.750. The third-order valence-corrected chi connectivity index (χ3v) is 2.10. The molecule has 0 aliphatic carbocycles. The molecule has 0 saturated carbocycles. The van der Waals surface area contributed by atoms with Crippen LogP contribution in [-0.2, 0) is 9.53 Å². The third-order valence-electron chi connectivity index (χ3n) is 2.10. The van der Waals surface area contributed by atoms with Crippen LogP contribution in [0.5, 0.6) is 0 Å². The van der Waals surface area contributed by atoms with Gasteiger partial charge in [0.05, 0.1) is 6.61 Å². The minimum absolute atomic E-state index is 0.256. The van der Waals surface area contributed by atoms with Gasteiger partial charge >= 0.3 is 5.97 Å². The lowest BCUT2D eigenvalue weighted by Gasteiger charge is -2.33. The van der Waals surface area contributed by atoms with Crippen LogP contribution in [0.2, 0.25) is 0 Å². The van der Waals surface area contributed by atoms with E-state index >= 15 is 0 Å². The number of hydrogen-bond acceptors (Lipinski definition) is 3. The fourth-order valence-corrected chi connectivity index (χ4v) is 1.60. The molecule has 0 N–H and O–H groups in total. The van der Waals surface area contributed by atoms with Gasteiger partial charge in [-0.15, -0.1) is 0 Å². The Labute approximate surface area is 93.1 Å². The second kappa shape index (κ2) is 6.49. The van der Waals surface area contributed by atoms with Crippen molar-refractivity contribution in [3.05, 3.63) is 12.3 Å². The summed E-state index contributed by atoms with van der Waals surface area (Å²) in [5, 5.41) is 0. The highest BCUT2D eigenvalue weighted by atomic mass is 16.5. The van der Waals surface area contributed by atoms with Crippen molar-refractivity contribution >= 4 is 5.97 Å². The van der Waals surface area contributed by atoms with Crippen molar-refractivity contribution in [2.75, 3.05) is 6.61 Å².